The van der Waals surface area contributed by atoms with Gasteiger partial charge < -0.3 is 10.0 Å². The summed E-state index contributed by atoms with van der Waals surface area (Å²) >= 11 is 0. The molecule has 104 valence electrons. The highest BCUT2D eigenvalue weighted by atomic mass is 32.2. The average molecular weight is 275 g/mol. The molecule has 0 spiro atoms. The minimum absolute atomic E-state index is 0.00384. The van der Waals surface area contributed by atoms with Crippen molar-refractivity contribution in [3.05, 3.63) is 0 Å². The van der Waals surface area contributed by atoms with E-state index in [9.17, 15) is 18.3 Å². The lowest BCUT2D eigenvalue weighted by Gasteiger charge is -2.31. The van der Waals surface area contributed by atoms with Crippen molar-refractivity contribution in [3.8, 4) is 0 Å². The lowest BCUT2D eigenvalue weighted by atomic mass is 9.84. The molecule has 0 radical (unpaired) electrons. The lowest BCUT2D eigenvalue weighted by Crippen LogP contribution is -2.45. The van der Waals surface area contributed by atoms with E-state index in [1.54, 1.807) is 4.90 Å². The van der Waals surface area contributed by atoms with Crippen LogP contribution in [0.3, 0.4) is 0 Å². The first-order chi connectivity index (χ1) is 8.48. The van der Waals surface area contributed by atoms with Gasteiger partial charge in [0.25, 0.3) is 0 Å². The molecule has 1 saturated carbocycles. The molecule has 5 nitrogen and oxygen atoms in total. The van der Waals surface area contributed by atoms with Gasteiger partial charge in [0.1, 0.15) is 0 Å². The number of amides is 1. The van der Waals surface area contributed by atoms with Crippen molar-refractivity contribution >= 4 is 15.7 Å². The van der Waals surface area contributed by atoms with Crippen molar-refractivity contribution in [2.75, 3.05) is 24.6 Å². The molecular formula is C12H21NO4S. The number of carbonyl (C=O) groups excluding carboxylic acids is 1. The second-order valence-electron chi connectivity index (χ2n) is 5.35. The van der Waals surface area contributed by atoms with Crippen molar-refractivity contribution in [1.29, 1.82) is 0 Å². The number of aliphatic hydroxyl groups excluding tert-OH is 1. The predicted molar refractivity (Wildman–Crippen MR) is 67.8 cm³/mol. The van der Waals surface area contributed by atoms with Crippen molar-refractivity contribution in [2.45, 2.75) is 38.2 Å². The molecule has 1 aliphatic heterocycles. The molecule has 2 atom stereocenters. The molecule has 0 aromatic rings. The largest absolute Gasteiger partial charge is 0.393 e. The normalized spacial score (nSPS) is 32.2. The van der Waals surface area contributed by atoms with Gasteiger partial charge in [-0.2, -0.15) is 0 Å². The number of aliphatic hydroxyl groups is 1. The first-order valence-corrected chi connectivity index (χ1v) is 8.46. The van der Waals surface area contributed by atoms with Gasteiger partial charge in [-0.05, 0) is 18.8 Å². The third-order valence-corrected chi connectivity index (χ3v) is 5.61. The number of hydrogen-bond acceptors (Lipinski definition) is 4. The molecule has 1 saturated heterocycles. The van der Waals surface area contributed by atoms with Gasteiger partial charge in [0.05, 0.1) is 17.6 Å². The van der Waals surface area contributed by atoms with Gasteiger partial charge in [-0.25, -0.2) is 8.42 Å². The van der Waals surface area contributed by atoms with Crippen molar-refractivity contribution < 1.29 is 18.3 Å². The van der Waals surface area contributed by atoms with E-state index in [2.05, 4.69) is 0 Å². The molecule has 2 fully saturated rings. The highest BCUT2D eigenvalue weighted by Gasteiger charge is 2.30. The van der Waals surface area contributed by atoms with E-state index in [4.69, 9.17) is 0 Å². The van der Waals surface area contributed by atoms with Crippen LogP contribution in [0.1, 0.15) is 32.1 Å². The number of nitrogens with zero attached hydrogens (tertiary/aromatic N) is 1. The summed E-state index contributed by atoms with van der Waals surface area (Å²) < 4.78 is 22.6. The summed E-state index contributed by atoms with van der Waals surface area (Å²) in [6.07, 6.45) is 3.79. The van der Waals surface area contributed by atoms with Crippen LogP contribution in [-0.2, 0) is 14.6 Å². The van der Waals surface area contributed by atoms with Gasteiger partial charge in [0.15, 0.2) is 9.84 Å². The maximum absolute atomic E-state index is 12.0. The summed E-state index contributed by atoms with van der Waals surface area (Å²) in [5.74, 6) is 0.207. The summed E-state index contributed by atoms with van der Waals surface area (Å²) in [5.41, 5.74) is 0. The van der Waals surface area contributed by atoms with Crippen LogP contribution in [0.2, 0.25) is 0 Å². The van der Waals surface area contributed by atoms with E-state index < -0.39 is 9.84 Å². The van der Waals surface area contributed by atoms with E-state index in [0.29, 0.717) is 19.5 Å². The van der Waals surface area contributed by atoms with Crippen molar-refractivity contribution in [3.63, 3.8) is 0 Å². The van der Waals surface area contributed by atoms with Crippen molar-refractivity contribution in [1.82, 2.24) is 4.90 Å². The molecule has 18 heavy (non-hydrogen) atoms. The van der Waals surface area contributed by atoms with Crippen molar-refractivity contribution in [2.24, 2.45) is 5.92 Å². The van der Waals surface area contributed by atoms with Crippen LogP contribution in [0.5, 0.6) is 0 Å². The lowest BCUT2D eigenvalue weighted by molar-refractivity contribution is -0.133. The Labute approximate surface area is 108 Å². The predicted octanol–water partition coefficient (Wildman–Crippen LogP) is 0.185. The van der Waals surface area contributed by atoms with Crippen LogP contribution < -0.4 is 0 Å². The van der Waals surface area contributed by atoms with Crippen LogP contribution >= 0.6 is 0 Å². The number of sulfone groups is 1. The smallest absolute Gasteiger partial charge is 0.223 e. The summed E-state index contributed by atoms with van der Waals surface area (Å²) in [7, 11) is -2.94. The maximum atomic E-state index is 12.0. The highest BCUT2D eigenvalue weighted by Crippen LogP contribution is 2.27. The van der Waals surface area contributed by atoms with Crippen LogP contribution in [0, 0.1) is 5.92 Å². The van der Waals surface area contributed by atoms with Gasteiger partial charge in [0, 0.05) is 19.5 Å². The molecule has 6 heteroatoms. The van der Waals surface area contributed by atoms with E-state index in [1.807, 2.05) is 0 Å². The molecule has 0 aromatic carbocycles. The third-order valence-electron chi connectivity index (χ3n) is 4.00. The Kier molecular flexibility index (Phi) is 4.27. The van der Waals surface area contributed by atoms with E-state index in [-0.39, 0.29) is 29.4 Å². The average Bonchev–Trinajstić information content (AvgIpc) is 2.32. The number of hydrogen-bond donors (Lipinski definition) is 1. The van der Waals surface area contributed by atoms with Crippen LogP contribution in [0.25, 0.3) is 0 Å². The Morgan fingerprint density at radius 2 is 1.78 bits per heavy atom. The number of carbonyl (C=O) groups is 1. The monoisotopic (exact) mass is 275 g/mol. The van der Waals surface area contributed by atoms with Gasteiger partial charge >= 0.3 is 0 Å². The van der Waals surface area contributed by atoms with Crippen LogP contribution in [-0.4, -0.2) is 55.0 Å². The molecule has 1 amide bonds. The maximum Gasteiger partial charge on any atom is 0.223 e. The molecule has 1 heterocycles. The topological polar surface area (TPSA) is 74.7 Å². The standard InChI is InChI=1S/C12H21NO4S/c14-11-4-2-1-3-10(11)9-12(15)13-5-7-18(16,17)8-6-13/h10-11,14H,1-9H2/t10-,11+/m0/s1. The zero-order valence-corrected chi connectivity index (χ0v) is 11.4. The van der Waals surface area contributed by atoms with Gasteiger partial charge in [0.2, 0.25) is 5.91 Å². The molecule has 0 bridgehead atoms. The Hall–Kier alpha value is -0.620. The fourth-order valence-corrected chi connectivity index (χ4v) is 3.94. The Morgan fingerprint density at radius 1 is 1.17 bits per heavy atom. The zero-order chi connectivity index (χ0) is 13.2. The van der Waals surface area contributed by atoms with Gasteiger partial charge in [-0.15, -0.1) is 0 Å². The summed E-state index contributed by atoms with van der Waals surface area (Å²) in [6.45, 7) is 0.619. The molecule has 1 N–H and O–H groups in total. The van der Waals surface area contributed by atoms with Gasteiger partial charge in [-0.3, -0.25) is 4.79 Å². The van der Waals surface area contributed by atoms with E-state index >= 15 is 0 Å². The van der Waals surface area contributed by atoms with Crippen LogP contribution in [0.15, 0.2) is 0 Å². The Morgan fingerprint density at radius 3 is 2.39 bits per heavy atom. The third kappa shape index (κ3) is 3.45. The minimum atomic E-state index is -2.94. The molecule has 0 aromatic heterocycles. The first-order valence-electron chi connectivity index (χ1n) is 6.64. The summed E-state index contributed by atoms with van der Waals surface area (Å²) in [5, 5.41) is 9.83. The Balaban J connectivity index is 1.85. The Bertz CT molecular complexity index is 392. The molecule has 2 aliphatic rings. The molecule has 1 aliphatic carbocycles. The highest BCUT2D eigenvalue weighted by molar-refractivity contribution is 7.91. The summed E-state index contributed by atoms with van der Waals surface area (Å²) in [4.78, 5) is 13.7. The van der Waals surface area contributed by atoms with E-state index in [1.165, 1.54) is 0 Å². The quantitative estimate of drug-likeness (QED) is 0.780. The molecular weight excluding hydrogens is 254 g/mol. The second-order valence-corrected chi connectivity index (χ2v) is 7.65. The second kappa shape index (κ2) is 5.57. The zero-order valence-electron chi connectivity index (χ0n) is 10.5. The minimum Gasteiger partial charge on any atom is -0.393 e. The molecule has 0 unspecified atom stereocenters. The summed E-state index contributed by atoms with van der Waals surface area (Å²) in [6, 6.07) is 0. The van der Waals surface area contributed by atoms with E-state index in [0.717, 1.165) is 25.7 Å². The number of rotatable bonds is 2. The van der Waals surface area contributed by atoms with Crippen LogP contribution in [0.4, 0.5) is 0 Å². The first kappa shape index (κ1) is 13.8. The van der Waals surface area contributed by atoms with Gasteiger partial charge in [-0.1, -0.05) is 12.8 Å². The fraction of sp³-hybridized carbons (Fsp3) is 0.917. The SMILES string of the molecule is O=C(C[C@@H]1CCCC[C@H]1O)N1CCS(=O)(=O)CC1. The molecule has 2 rings (SSSR count). The fourth-order valence-electron chi connectivity index (χ4n) is 2.74.